The molecule has 1 aliphatic heterocycles. The number of allylic oxidation sites excluding steroid dienone is 5. The molecule has 0 radical (unpaired) electrons. The number of aromatic nitrogens is 1. The van der Waals surface area contributed by atoms with Gasteiger partial charge in [0.2, 0.25) is 0 Å². The van der Waals surface area contributed by atoms with E-state index in [0.717, 1.165) is 45.8 Å². The van der Waals surface area contributed by atoms with Gasteiger partial charge >= 0.3 is 0 Å². The molecule has 2 aliphatic rings. The lowest BCUT2D eigenvalue weighted by atomic mass is 9.74. The van der Waals surface area contributed by atoms with Gasteiger partial charge in [0, 0.05) is 56.9 Å². The molecule has 8 aromatic rings. The minimum atomic E-state index is 0.159. The standard InChI is InChI=1S/C52H39N3/c1-3-42-46(36-14-6-4-7-15-36)31-38(32-47(42)45-33-48-44-19-10-11-21-50(44)54-51-22-12-20-43(34(45)2)52(48)51)35-23-25-40(26-24-35)55(39-17-8-5-9-18-39)41-27-28-49-37(30-41)16-13-29-53-49/h3-30,32-33,46,54H,1,31H2,2H3. The summed E-state index contributed by atoms with van der Waals surface area (Å²) in [6.07, 6.45) is 7.27. The van der Waals surface area contributed by atoms with Gasteiger partial charge in [-0.2, -0.15) is 0 Å². The number of fused-ring (bicyclic) bond motifs is 3. The van der Waals surface area contributed by atoms with Crippen LogP contribution in [0.3, 0.4) is 0 Å². The molecule has 0 saturated carbocycles. The molecule has 7 aromatic carbocycles. The summed E-state index contributed by atoms with van der Waals surface area (Å²) in [6, 6.07) is 59.0. The van der Waals surface area contributed by atoms with Crippen molar-refractivity contribution in [2.24, 2.45) is 0 Å². The number of anilines is 5. The smallest absolute Gasteiger partial charge is 0.0703 e. The van der Waals surface area contributed by atoms with Gasteiger partial charge in [0.25, 0.3) is 0 Å². The second kappa shape index (κ2) is 13.5. The van der Waals surface area contributed by atoms with Gasteiger partial charge in [-0.1, -0.05) is 116 Å². The first kappa shape index (κ1) is 32.7. The lowest BCUT2D eigenvalue weighted by Gasteiger charge is -2.31. The van der Waals surface area contributed by atoms with Crippen molar-refractivity contribution in [1.82, 2.24) is 4.98 Å². The van der Waals surface area contributed by atoms with E-state index in [1.54, 1.807) is 0 Å². The highest BCUT2D eigenvalue weighted by Gasteiger charge is 2.28. The lowest BCUT2D eigenvalue weighted by molar-refractivity contribution is 0.835. The van der Waals surface area contributed by atoms with Crippen LogP contribution in [0.4, 0.5) is 28.4 Å². The third-order valence-corrected chi connectivity index (χ3v) is 11.4. The van der Waals surface area contributed by atoms with Gasteiger partial charge < -0.3 is 10.2 Å². The minimum Gasteiger partial charge on any atom is -0.354 e. The molecule has 3 nitrogen and oxygen atoms in total. The third-order valence-electron chi connectivity index (χ3n) is 11.4. The lowest BCUT2D eigenvalue weighted by Crippen LogP contribution is -2.11. The molecule has 55 heavy (non-hydrogen) atoms. The fourth-order valence-electron chi connectivity index (χ4n) is 8.75. The SMILES string of the molecule is C=CC1=C(c2cc3c4c(cccc4c2C)Nc2ccccc2-3)C=C(c2ccc(N(c3ccccc3)c3ccc4ncccc4c3)cc2)CC1c1ccccc1. The van der Waals surface area contributed by atoms with E-state index in [9.17, 15) is 0 Å². The topological polar surface area (TPSA) is 28.2 Å². The average Bonchev–Trinajstić information content (AvgIpc) is 3.25. The zero-order valence-corrected chi connectivity index (χ0v) is 30.7. The van der Waals surface area contributed by atoms with Gasteiger partial charge in [0.05, 0.1) is 5.52 Å². The van der Waals surface area contributed by atoms with Crippen LogP contribution in [0.1, 0.15) is 34.6 Å². The summed E-state index contributed by atoms with van der Waals surface area (Å²) in [6.45, 7) is 6.71. The van der Waals surface area contributed by atoms with E-state index in [1.807, 2.05) is 12.3 Å². The van der Waals surface area contributed by atoms with E-state index < -0.39 is 0 Å². The Hall–Kier alpha value is -6.97. The van der Waals surface area contributed by atoms with Crippen molar-refractivity contribution in [2.45, 2.75) is 19.3 Å². The van der Waals surface area contributed by atoms with Gasteiger partial charge in [-0.3, -0.25) is 4.98 Å². The maximum atomic E-state index is 4.57. The second-order valence-corrected chi connectivity index (χ2v) is 14.5. The molecule has 1 unspecified atom stereocenters. The Bertz CT molecular complexity index is 2830. The maximum absolute atomic E-state index is 4.57. The summed E-state index contributed by atoms with van der Waals surface area (Å²) in [5, 5.41) is 7.37. The van der Waals surface area contributed by atoms with Gasteiger partial charge in [0.1, 0.15) is 0 Å². The second-order valence-electron chi connectivity index (χ2n) is 14.5. The highest BCUT2D eigenvalue weighted by Crippen LogP contribution is 2.50. The van der Waals surface area contributed by atoms with Gasteiger partial charge in [-0.25, -0.2) is 0 Å². The maximum Gasteiger partial charge on any atom is 0.0703 e. The first-order valence-corrected chi connectivity index (χ1v) is 19.0. The van der Waals surface area contributed by atoms with Crippen LogP contribution in [-0.2, 0) is 0 Å². The highest BCUT2D eigenvalue weighted by atomic mass is 15.1. The summed E-state index contributed by atoms with van der Waals surface area (Å²) in [5.74, 6) is 0.159. The average molecular weight is 706 g/mol. The molecule has 1 atom stereocenters. The van der Waals surface area contributed by atoms with Crippen LogP contribution in [0.25, 0.3) is 43.9 Å². The van der Waals surface area contributed by atoms with Crippen molar-refractivity contribution >= 4 is 61.3 Å². The van der Waals surface area contributed by atoms with Crippen molar-refractivity contribution in [3.63, 3.8) is 0 Å². The number of aryl methyl sites for hydroxylation is 1. The Kier molecular flexibility index (Phi) is 8.00. The first-order chi connectivity index (χ1) is 27.1. The van der Waals surface area contributed by atoms with Gasteiger partial charge in [-0.15, -0.1) is 0 Å². The van der Waals surface area contributed by atoms with Crippen LogP contribution >= 0.6 is 0 Å². The van der Waals surface area contributed by atoms with Crippen LogP contribution in [0.5, 0.6) is 0 Å². The molecule has 10 rings (SSSR count). The Morgan fingerprint density at radius 1 is 0.655 bits per heavy atom. The molecule has 2 heterocycles. The predicted molar refractivity (Wildman–Crippen MR) is 233 cm³/mol. The fourth-order valence-corrected chi connectivity index (χ4v) is 8.75. The molecule has 1 N–H and O–H groups in total. The molecule has 0 amide bonds. The zero-order chi connectivity index (χ0) is 36.9. The zero-order valence-electron chi connectivity index (χ0n) is 30.7. The van der Waals surface area contributed by atoms with Crippen molar-refractivity contribution in [2.75, 3.05) is 10.2 Å². The number of para-hydroxylation sites is 2. The van der Waals surface area contributed by atoms with E-state index >= 15 is 0 Å². The molecule has 0 saturated heterocycles. The van der Waals surface area contributed by atoms with E-state index in [4.69, 9.17) is 0 Å². The van der Waals surface area contributed by atoms with E-state index in [1.165, 1.54) is 60.9 Å². The van der Waals surface area contributed by atoms with Crippen LogP contribution in [0, 0.1) is 6.92 Å². The molecular weight excluding hydrogens is 667 g/mol. The van der Waals surface area contributed by atoms with Crippen LogP contribution in [0.15, 0.2) is 194 Å². The van der Waals surface area contributed by atoms with Gasteiger partial charge in [0.15, 0.2) is 0 Å². The summed E-state index contributed by atoms with van der Waals surface area (Å²) in [4.78, 5) is 6.89. The predicted octanol–water partition coefficient (Wildman–Crippen LogP) is 14.1. The summed E-state index contributed by atoms with van der Waals surface area (Å²) < 4.78 is 0. The molecule has 0 fully saturated rings. The quantitative estimate of drug-likeness (QED) is 0.179. The molecule has 1 aliphatic carbocycles. The summed E-state index contributed by atoms with van der Waals surface area (Å²) in [7, 11) is 0. The van der Waals surface area contributed by atoms with E-state index in [-0.39, 0.29) is 5.92 Å². The van der Waals surface area contributed by atoms with E-state index in [2.05, 4.69) is 199 Å². The Balaban J connectivity index is 1.13. The number of hydrogen-bond donors (Lipinski definition) is 1. The van der Waals surface area contributed by atoms with Gasteiger partial charge in [-0.05, 0) is 130 Å². The molecule has 0 bridgehead atoms. The molecule has 262 valence electrons. The normalized spacial score (nSPS) is 14.6. The number of benzene rings is 7. The number of nitrogens with zero attached hydrogens (tertiary/aromatic N) is 2. The van der Waals surface area contributed by atoms with Crippen molar-refractivity contribution in [1.29, 1.82) is 0 Å². The summed E-state index contributed by atoms with van der Waals surface area (Å²) in [5.41, 5.74) is 18.0. The highest BCUT2D eigenvalue weighted by molar-refractivity contribution is 6.14. The monoisotopic (exact) mass is 705 g/mol. The number of rotatable bonds is 7. The molecule has 0 spiro atoms. The Morgan fingerprint density at radius 3 is 2.20 bits per heavy atom. The largest absolute Gasteiger partial charge is 0.354 e. The van der Waals surface area contributed by atoms with Crippen molar-refractivity contribution < 1.29 is 0 Å². The Labute approximate surface area is 322 Å². The molecular formula is C52H39N3. The first-order valence-electron chi connectivity index (χ1n) is 19.0. The molecule has 1 aromatic heterocycles. The van der Waals surface area contributed by atoms with Crippen molar-refractivity contribution in [3.8, 4) is 11.1 Å². The van der Waals surface area contributed by atoms with Crippen LogP contribution < -0.4 is 10.2 Å². The minimum absolute atomic E-state index is 0.159. The number of hydrogen-bond acceptors (Lipinski definition) is 3. The number of pyridine rings is 1. The van der Waals surface area contributed by atoms with Crippen LogP contribution in [-0.4, -0.2) is 4.98 Å². The Morgan fingerprint density at radius 2 is 1.38 bits per heavy atom. The third kappa shape index (κ3) is 5.64. The van der Waals surface area contributed by atoms with Crippen LogP contribution in [0.2, 0.25) is 0 Å². The molecule has 3 heteroatoms. The fraction of sp³-hybridized carbons (Fsp3) is 0.0577. The number of nitrogens with one attached hydrogen (secondary N) is 1. The van der Waals surface area contributed by atoms with E-state index in [0.29, 0.717) is 0 Å². The van der Waals surface area contributed by atoms with Crippen molar-refractivity contribution in [3.05, 3.63) is 217 Å². The summed E-state index contributed by atoms with van der Waals surface area (Å²) >= 11 is 0.